The number of halogens is 2. The van der Waals surface area contributed by atoms with E-state index in [2.05, 4.69) is 0 Å². The van der Waals surface area contributed by atoms with Gasteiger partial charge in [0.2, 0.25) is 0 Å². The predicted molar refractivity (Wildman–Crippen MR) is 47.6 cm³/mol. The highest BCUT2D eigenvalue weighted by atomic mass is 19.1. The van der Waals surface area contributed by atoms with Crippen molar-refractivity contribution in [2.24, 2.45) is 0 Å². The minimum absolute atomic E-state index is 0.169. The van der Waals surface area contributed by atoms with Gasteiger partial charge in [0.05, 0.1) is 6.42 Å². The van der Waals surface area contributed by atoms with Crippen LogP contribution in [0.4, 0.5) is 8.78 Å². The number of carboxylic acid groups (broad SMARTS) is 1. The van der Waals surface area contributed by atoms with Crippen molar-refractivity contribution in [3.05, 3.63) is 41.5 Å². The third-order valence-corrected chi connectivity index (χ3v) is 1.49. The minimum atomic E-state index is -0.988. The van der Waals surface area contributed by atoms with Crippen LogP contribution >= 0.6 is 0 Å². The molecule has 1 aromatic carbocycles. The Bertz CT molecular complexity index is 352. The molecular formula is C10H8F2O2. The van der Waals surface area contributed by atoms with Gasteiger partial charge in [-0.2, -0.15) is 0 Å². The summed E-state index contributed by atoms with van der Waals surface area (Å²) >= 11 is 0. The molecule has 0 atom stereocenters. The molecule has 2 nitrogen and oxygen atoms in total. The summed E-state index contributed by atoms with van der Waals surface area (Å²) in [5.74, 6) is -2.35. The SMILES string of the molecule is O=C(O)CC=Cc1cc(F)cc(F)c1. The molecule has 0 aliphatic carbocycles. The van der Waals surface area contributed by atoms with E-state index < -0.39 is 17.6 Å². The van der Waals surface area contributed by atoms with Crippen LogP contribution in [-0.4, -0.2) is 11.1 Å². The minimum Gasteiger partial charge on any atom is -0.481 e. The molecule has 0 aliphatic rings. The van der Waals surface area contributed by atoms with E-state index in [9.17, 15) is 13.6 Å². The highest BCUT2D eigenvalue weighted by molar-refractivity contribution is 5.70. The van der Waals surface area contributed by atoms with Crippen molar-refractivity contribution < 1.29 is 18.7 Å². The van der Waals surface area contributed by atoms with Crippen LogP contribution in [0.3, 0.4) is 0 Å². The number of benzene rings is 1. The molecule has 14 heavy (non-hydrogen) atoms. The third-order valence-electron chi connectivity index (χ3n) is 1.49. The van der Waals surface area contributed by atoms with Gasteiger partial charge in [-0.05, 0) is 17.7 Å². The molecule has 0 radical (unpaired) electrons. The summed E-state index contributed by atoms with van der Waals surface area (Å²) in [6.45, 7) is 0. The van der Waals surface area contributed by atoms with Crippen molar-refractivity contribution in [3.63, 3.8) is 0 Å². The fraction of sp³-hybridized carbons (Fsp3) is 0.100. The van der Waals surface area contributed by atoms with Crippen LogP contribution in [0.1, 0.15) is 12.0 Å². The molecule has 0 aromatic heterocycles. The second-order valence-corrected chi connectivity index (χ2v) is 2.70. The van der Waals surface area contributed by atoms with E-state index in [0.717, 1.165) is 18.2 Å². The lowest BCUT2D eigenvalue weighted by Crippen LogP contribution is -1.89. The molecule has 0 saturated heterocycles. The lowest BCUT2D eigenvalue weighted by molar-refractivity contribution is -0.135. The summed E-state index contributed by atoms with van der Waals surface area (Å²) < 4.78 is 25.2. The van der Waals surface area contributed by atoms with Gasteiger partial charge in [0, 0.05) is 6.07 Å². The second-order valence-electron chi connectivity index (χ2n) is 2.70. The summed E-state index contributed by atoms with van der Waals surface area (Å²) in [4.78, 5) is 10.1. The number of hydrogen-bond acceptors (Lipinski definition) is 1. The zero-order valence-corrected chi connectivity index (χ0v) is 7.21. The Hall–Kier alpha value is -1.71. The molecule has 4 heteroatoms. The summed E-state index contributed by atoms with van der Waals surface area (Å²) in [5, 5.41) is 8.30. The van der Waals surface area contributed by atoms with Gasteiger partial charge in [-0.15, -0.1) is 0 Å². The van der Waals surface area contributed by atoms with Crippen LogP contribution in [0.25, 0.3) is 6.08 Å². The first-order valence-electron chi connectivity index (χ1n) is 3.92. The topological polar surface area (TPSA) is 37.3 Å². The molecule has 0 aliphatic heterocycles. The molecule has 74 valence electrons. The summed E-state index contributed by atoms with van der Waals surface area (Å²) in [5.41, 5.74) is 0.309. The Kier molecular flexibility index (Phi) is 3.34. The molecule has 0 amide bonds. The molecule has 1 aromatic rings. The highest BCUT2D eigenvalue weighted by Gasteiger charge is 1.97. The summed E-state index contributed by atoms with van der Waals surface area (Å²) in [7, 11) is 0. The number of carbonyl (C=O) groups is 1. The molecule has 1 rings (SSSR count). The molecule has 0 fully saturated rings. The van der Waals surface area contributed by atoms with Crippen LogP contribution in [0.2, 0.25) is 0 Å². The fourth-order valence-corrected chi connectivity index (χ4v) is 0.967. The first-order chi connectivity index (χ1) is 6.58. The van der Waals surface area contributed by atoms with E-state index in [1.165, 1.54) is 12.2 Å². The number of rotatable bonds is 3. The maximum atomic E-state index is 12.6. The Morgan fingerprint density at radius 2 is 1.86 bits per heavy atom. The van der Waals surface area contributed by atoms with Crippen LogP contribution < -0.4 is 0 Å². The molecule has 0 heterocycles. The average molecular weight is 198 g/mol. The Morgan fingerprint density at radius 3 is 2.36 bits per heavy atom. The summed E-state index contributed by atoms with van der Waals surface area (Å²) in [6, 6.07) is 3.01. The Morgan fingerprint density at radius 1 is 1.29 bits per heavy atom. The molecule has 0 saturated carbocycles. The maximum Gasteiger partial charge on any atom is 0.307 e. The van der Waals surface area contributed by atoms with Crippen LogP contribution in [0.15, 0.2) is 24.3 Å². The van der Waals surface area contributed by atoms with E-state index in [-0.39, 0.29) is 6.42 Å². The normalized spacial score (nSPS) is 10.7. The largest absolute Gasteiger partial charge is 0.481 e. The number of carboxylic acids is 1. The van der Waals surface area contributed by atoms with Crippen molar-refractivity contribution in [2.45, 2.75) is 6.42 Å². The summed E-state index contributed by atoms with van der Waals surface area (Å²) in [6.07, 6.45) is 2.52. The van der Waals surface area contributed by atoms with Gasteiger partial charge in [-0.25, -0.2) is 8.78 Å². The van der Waals surface area contributed by atoms with E-state index >= 15 is 0 Å². The van der Waals surface area contributed by atoms with Gasteiger partial charge < -0.3 is 5.11 Å². The standard InChI is InChI=1S/C10H8F2O2/c11-8-4-7(5-9(12)6-8)2-1-3-10(13)14/h1-2,4-6H,3H2,(H,13,14). The second kappa shape index (κ2) is 4.50. The third kappa shape index (κ3) is 3.35. The molecule has 1 N–H and O–H groups in total. The molecule has 0 bridgehead atoms. The number of hydrogen-bond donors (Lipinski definition) is 1. The van der Waals surface area contributed by atoms with Gasteiger partial charge in [0.15, 0.2) is 0 Å². The van der Waals surface area contributed by atoms with Gasteiger partial charge in [0.25, 0.3) is 0 Å². The average Bonchev–Trinajstić information content (AvgIpc) is 2.01. The van der Waals surface area contributed by atoms with E-state index in [0.29, 0.717) is 5.56 Å². The Balaban J connectivity index is 2.76. The fourth-order valence-electron chi connectivity index (χ4n) is 0.967. The lowest BCUT2D eigenvalue weighted by atomic mass is 10.2. The maximum absolute atomic E-state index is 12.6. The first kappa shape index (κ1) is 10.4. The molecular weight excluding hydrogens is 190 g/mol. The quantitative estimate of drug-likeness (QED) is 0.809. The lowest BCUT2D eigenvalue weighted by Gasteiger charge is -1.94. The van der Waals surface area contributed by atoms with Crippen molar-refractivity contribution >= 4 is 12.0 Å². The van der Waals surface area contributed by atoms with E-state index in [1.807, 2.05) is 0 Å². The van der Waals surface area contributed by atoms with Crippen molar-refractivity contribution in [3.8, 4) is 0 Å². The van der Waals surface area contributed by atoms with Crippen molar-refractivity contribution in [2.75, 3.05) is 0 Å². The van der Waals surface area contributed by atoms with Gasteiger partial charge in [-0.3, -0.25) is 4.79 Å². The van der Waals surface area contributed by atoms with Gasteiger partial charge >= 0.3 is 5.97 Å². The smallest absolute Gasteiger partial charge is 0.307 e. The highest BCUT2D eigenvalue weighted by Crippen LogP contribution is 2.09. The molecule has 0 unspecified atom stereocenters. The van der Waals surface area contributed by atoms with Gasteiger partial charge in [0.1, 0.15) is 11.6 Å². The van der Waals surface area contributed by atoms with Crippen molar-refractivity contribution in [1.82, 2.24) is 0 Å². The zero-order chi connectivity index (χ0) is 10.6. The van der Waals surface area contributed by atoms with Gasteiger partial charge in [-0.1, -0.05) is 12.2 Å². The molecule has 0 spiro atoms. The number of aliphatic carboxylic acids is 1. The van der Waals surface area contributed by atoms with Crippen molar-refractivity contribution in [1.29, 1.82) is 0 Å². The van der Waals surface area contributed by atoms with Crippen LogP contribution in [0.5, 0.6) is 0 Å². The first-order valence-corrected chi connectivity index (χ1v) is 3.92. The predicted octanol–water partition coefficient (Wildman–Crippen LogP) is 2.45. The Labute approximate surface area is 79.5 Å². The zero-order valence-electron chi connectivity index (χ0n) is 7.21. The monoisotopic (exact) mass is 198 g/mol. The van der Waals surface area contributed by atoms with E-state index in [1.54, 1.807) is 0 Å². The van der Waals surface area contributed by atoms with Crippen LogP contribution in [-0.2, 0) is 4.79 Å². The van der Waals surface area contributed by atoms with E-state index in [4.69, 9.17) is 5.11 Å². The van der Waals surface area contributed by atoms with Crippen LogP contribution in [0, 0.1) is 11.6 Å².